The van der Waals surface area contributed by atoms with Crippen LogP contribution in [0.1, 0.15) is 25.1 Å². The number of carbonyl (C=O) groups is 1. The van der Waals surface area contributed by atoms with E-state index in [1.807, 2.05) is 32.0 Å². The summed E-state index contributed by atoms with van der Waals surface area (Å²) in [6.07, 6.45) is 1.68. The number of methoxy groups -OCH3 is 2. The summed E-state index contributed by atoms with van der Waals surface area (Å²) in [4.78, 5) is 16.8. The first-order chi connectivity index (χ1) is 11.4. The Morgan fingerprint density at radius 1 is 1.21 bits per heavy atom. The first-order valence-electron chi connectivity index (χ1n) is 7.50. The van der Waals surface area contributed by atoms with Crippen LogP contribution >= 0.6 is 0 Å². The zero-order valence-corrected chi connectivity index (χ0v) is 14.2. The highest BCUT2D eigenvalue weighted by molar-refractivity contribution is 5.81. The molecule has 6 heteroatoms. The Hall–Kier alpha value is -2.63. The maximum Gasteiger partial charge on any atom is 0.225 e. The number of aromatic nitrogens is 1. The predicted octanol–water partition coefficient (Wildman–Crippen LogP) is 2.83. The van der Waals surface area contributed by atoms with Gasteiger partial charge in [0.1, 0.15) is 17.3 Å². The molecule has 0 atom stereocenters. The van der Waals surface area contributed by atoms with Crippen LogP contribution in [0.15, 0.2) is 36.5 Å². The van der Waals surface area contributed by atoms with Gasteiger partial charge in [-0.2, -0.15) is 0 Å². The third-order valence-electron chi connectivity index (χ3n) is 3.67. The Labute approximate surface area is 140 Å². The Morgan fingerprint density at radius 3 is 2.33 bits per heavy atom. The number of hydrogen-bond acceptors (Lipinski definition) is 4. The third-order valence-corrected chi connectivity index (χ3v) is 3.67. The van der Waals surface area contributed by atoms with E-state index in [1.165, 1.54) is 26.4 Å². The molecule has 1 aromatic carbocycles. The van der Waals surface area contributed by atoms with Crippen molar-refractivity contribution in [2.75, 3.05) is 14.2 Å². The summed E-state index contributed by atoms with van der Waals surface area (Å²) in [6, 6.07) is 7.99. The summed E-state index contributed by atoms with van der Waals surface area (Å²) >= 11 is 0. The van der Waals surface area contributed by atoms with Crippen LogP contribution in [0.25, 0.3) is 0 Å². The van der Waals surface area contributed by atoms with Crippen LogP contribution in [0.4, 0.5) is 4.39 Å². The number of hydrogen-bond donors (Lipinski definition) is 1. The van der Waals surface area contributed by atoms with Gasteiger partial charge < -0.3 is 14.8 Å². The van der Waals surface area contributed by atoms with Gasteiger partial charge in [-0.25, -0.2) is 4.39 Å². The topological polar surface area (TPSA) is 60.5 Å². The first kappa shape index (κ1) is 17.7. The molecule has 2 rings (SSSR count). The van der Waals surface area contributed by atoms with Crippen LogP contribution in [0.5, 0.6) is 11.5 Å². The number of amides is 1. The van der Waals surface area contributed by atoms with Gasteiger partial charge in [0.25, 0.3) is 0 Å². The number of ether oxygens (including phenoxy) is 2. The number of pyridine rings is 1. The fourth-order valence-corrected chi connectivity index (χ4v) is 2.48. The van der Waals surface area contributed by atoms with Crippen LogP contribution < -0.4 is 14.8 Å². The van der Waals surface area contributed by atoms with Crippen LogP contribution in [0.2, 0.25) is 0 Å². The van der Waals surface area contributed by atoms with Gasteiger partial charge in [-0.1, -0.05) is 6.07 Å². The second kappa shape index (κ2) is 7.29. The second-order valence-corrected chi connectivity index (χ2v) is 5.85. The molecule has 0 aliphatic rings. The van der Waals surface area contributed by atoms with E-state index in [0.29, 0.717) is 5.56 Å². The highest BCUT2D eigenvalue weighted by atomic mass is 19.1. The van der Waals surface area contributed by atoms with Crippen molar-refractivity contribution in [3.05, 3.63) is 53.6 Å². The van der Waals surface area contributed by atoms with E-state index in [2.05, 4.69) is 10.3 Å². The van der Waals surface area contributed by atoms with Crippen LogP contribution in [-0.4, -0.2) is 25.1 Å². The van der Waals surface area contributed by atoms with Gasteiger partial charge in [0.15, 0.2) is 0 Å². The van der Waals surface area contributed by atoms with Crippen molar-refractivity contribution in [1.82, 2.24) is 10.3 Å². The molecule has 0 fully saturated rings. The zero-order valence-electron chi connectivity index (χ0n) is 14.2. The lowest BCUT2D eigenvalue weighted by atomic mass is 9.99. The van der Waals surface area contributed by atoms with E-state index in [9.17, 15) is 9.18 Å². The minimum Gasteiger partial charge on any atom is -0.496 e. The molecule has 24 heavy (non-hydrogen) atoms. The smallest absolute Gasteiger partial charge is 0.225 e. The van der Waals surface area contributed by atoms with Crippen molar-refractivity contribution in [1.29, 1.82) is 0 Å². The molecular weight excluding hydrogens is 311 g/mol. The molecule has 0 aliphatic heterocycles. The third kappa shape index (κ3) is 4.01. The maximum atomic E-state index is 13.5. The largest absolute Gasteiger partial charge is 0.496 e. The van der Waals surface area contributed by atoms with Gasteiger partial charge in [-0.3, -0.25) is 9.78 Å². The molecule has 0 radical (unpaired) electrons. The lowest BCUT2D eigenvalue weighted by Gasteiger charge is -2.26. The molecule has 2 aromatic rings. The van der Waals surface area contributed by atoms with Crippen LogP contribution in [0.3, 0.4) is 0 Å². The van der Waals surface area contributed by atoms with Gasteiger partial charge in [0.05, 0.1) is 31.9 Å². The Bertz CT molecular complexity index is 692. The minimum atomic E-state index is -0.640. The summed E-state index contributed by atoms with van der Waals surface area (Å²) in [5.74, 6) is -0.175. The molecule has 0 aliphatic carbocycles. The Morgan fingerprint density at radius 2 is 1.83 bits per heavy atom. The molecule has 1 aromatic heterocycles. The van der Waals surface area contributed by atoms with Gasteiger partial charge in [-0.05, 0) is 26.0 Å². The van der Waals surface area contributed by atoms with Gasteiger partial charge in [0.2, 0.25) is 5.91 Å². The van der Waals surface area contributed by atoms with E-state index in [1.54, 1.807) is 6.20 Å². The molecule has 0 unspecified atom stereocenters. The van der Waals surface area contributed by atoms with Crippen molar-refractivity contribution in [2.24, 2.45) is 0 Å². The SMILES string of the molecule is COc1cc(F)cc(OC)c1CC(=O)NC(C)(C)c1ccccn1. The fourth-order valence-electron chi connectivity index (χ4n) is 2.48. The number of nitrogens with zero attached hydrogens (tertiary/aromatic N) is 1. The van der Waals surface area contributed by atoms with Gasteiger partial charge in [-0.15, -0.1) is 0 Å². The molecule has 1 heterocycles. The number of halogens is 1. The Kier molecular flexibility index (Phi) is 5.39. The lowest BCUT2D eigenvalue weighted by Crippen LogP contribution is -2.42. The first-order valence-corrected chi connectivity index (χ1v) is 7.50. The minimum absolute atomic E-state index is 0.00287. The van der Waals surface area contributed by atoms with E-state index >= 15 is 0 Å². The summed E-state index contributed by atoms with van der Waals surface area (Å²) in [5.41, 5.74) is 0.603. The fraction of sp³-hybridized carbons (Fsp3) is 0.333. The van der Waals surface area contributed by atoms with Crippen LogP contribution in [0, 0.1) is 5.82 Å². The van der Waals surface area contributed by atoms with E-state index in [0.717, 1.165) is 5.69 Å². The van der Waals surface area contributed by atoms with E-state index in [4.69, 9.17) is 9.47 Å². The van der Waals surface area contributed by atoms with Crippen molar-refractivity contribution >= 4 is 5.91 Å². The molecule has 5 nitrogen and oxygen atoms in total. The molecule has 0 bridgehead atoms. The van der Waals surface area contributed by atoms with E-state index < -0.39 is 11.4 Å². The predicted molar refractivity (Wildman–Crippen MR) is 88.6 cm³/mol. The zero-order chi connectivity index (χ0) is 17.7. The molecule has 1 amide bonds. The van der Waals surface area contributed by atoms with Crippen molar-refractivity contribution < 1.29 is 18.7 Å². The second-order valence-electron chi connectivity index (χ2n) is 5.85. The van der Waals surface area contributed by atoms with Crippen molar-refractivity contribution in [3.8, 4) is 11.5 Å². The summed E-state index contributed by atoms with van der Waals surface area (Å²) in [5, 5.41) is 2.93. The molecule has 0 saturated carbocycles. The molecule has 0 saturated heterocycles. The summed E-state index contributed by atoms with van der Waals surface area (Å²) in [7, 11) is 2.85. The molecule has 1 N–H and O–H groups in total. The quantitative estimate of drug-likeness (QED) is 0.884. The van der Waals surface area contributed by atoms with Crippen molar-refractivity contribution in [2.45, 2.75) is 25.8 Å². The summed E-state index contributed by atoms with van der Waals surface area (Å²) < 4.78 is 23.9. The lowest BCUT2D eigenvalue weighted by molar-refractivity contribution is -0.122. The monoisotopic (exact) mass is 332 g/mol. The van der Waals surface area contributed by atoms with Crippen molar-refractivity contribution in [3.63, 3.8) is 0 Å². The number of rotatable bonds is 6. The average Bonchev–Trinajstić information content (AvgIpc) is 2.56. The highest BCUT2D eigenvalue weighted by Gasteiger charge is 2.25. The molecular formula is C18H21FN2O3. The number of nitrogens with one attached hydrogen (secondary N) is 1. The molecule has 0 spiro atoms. The number of carbonyl (C=O) groups excluding carboxylic acids is 1. The molecule has 128 valence electrons. The highest BCUT2D eigenvalue weighted by Crippen LogP contribution is 2.30. The van der Waals surface area contributed by atoms with E-state index in [-0.39, 0.29) is 23.8 Å². The maximum absolute atomic E-state index is 13.5. The Balaban J connectivity index is 2.21. The van der Waals surface area contributed by atoms with Crippen LogP contribution in [-0.2, 0) is 16.8 Å². The van der Waals surface area contributed by atoms with Gasteiger partial charge >= 0.3 is 0 Å². The van der Waals surface area contributed by atoms with Gasteiger partial charge in [0, 0.05) is 23.9 Å². The standard InChI is InChI=1S/C18H21FN2O3/c1-18(2,16-7-5-6-8-20-16)21-17(22)11-13-14(23-3)9-12(19)10-15(13)24-4/h5-10H,11H2,1-4H3,(H,21,22). The normalized spacial score (nSPS) is 11.0. The summed E-state index contributed by atoms with van der Waals surface area (Å²) in [6.45, 7) is 3.73. The average molecular weight is 332 g/mol. The number of benzene rings is 1.